The maximum atomic E-state index is 11.2. The molecule has 0 unspecified atom stereocenters. The van der Waals surface area contributed by atoms with Crippen molar-refractivity contribution in [3.8, 4) is 5.75 Å². The molecule has 0 aliphatic carbocycles. The van der Waals surface area contributed by atoms with Crippen LogP contribution in [0.3, 0.4) is 0 Å². The molecular formula is C13H12O2. The van der Waals surface area contributed by atoms with E-state index in [2.05, 4.69) is 0 Å². The van der Waals surface area contributed by atoms with Gasteiger partial charge in [-0.1, -0.05) is 18.2 Å². The van der Waals surface area contributed by atoms with Crippen molar-refractivity contribution < 1.29 is 9.53 Å². The lowest BCUT2D eigenvalue weighted by atomic mass is 10.1. The predicted octanol–water partition coefficient (Wildman–Crippen LogP) is 2.96. The molecule has 0 radical (unpaired) electrons. The average Bonchev–Trinajstić information content (AvgIpc) is 2.27. The van der Waals surface area contributed by atoms with Gasteiger partial charge in [0.25, 0.3) is 0 Å². The zero-order valence-corrected chi connectivity index (χ0v) is 8.78. The summed E-state index contributed by atoms with van der Waals surface area (Å²) < 4.78 is 5.63. The minimum absolute atomic E-state index is 0.0361. The molecule has 15 heavy (non-hydrogen) atoms. The van der Waals surface area contributed by atoms with E-state index in [4.69, 9.17) is 4.74 Å². The Labute approximate surface area is 88.9 Å². The third kappa shape index (κ3) is 1.84. The number of carbonyl (C=O) groups is 1. The summed E-state index contributed by atoms with van der Waals surface area (Å²) in [4.78, 5) is 11.2. The molecule has 1 aromatic carbocycles. The first-order valence-corrected chi connectivity index (χ1v) is 4.85. The zero-order valence-electron chi connectivity index (χ0n) is 8.78. The van der Waals surface area contributed by atoms with Gasteiger partial charge in [0.1, 0.15) is 11.5 Å². The highest BCUT2D eigenvalue weighted by atomic mass is 16.5. The number of hydrogen-bond donors (Lipinski definition) is 0. The Hall–Kier alpha value is -1.83. The number of ketones is 1. The van der Waals surface area contributed by atoms with Crippen LogP contribution in [0.4, 0.5) is 0 Å². The molecule has 2 nitrogen and oxygen atoms in total. The number of rotatable bonds is 1. The topological polar surface area (TPSA) is 26.3 Å². The van der Waals surface area contributed by atoms with Crippen LogP contribution >= 0.6 is 0 Å². The number of fused-ring (bicyclic) bond motifs is 1. The molecule has 1 heterocycles. The Bertz CT molecular complexity index is 467. The van der Waals surface area contributed by atoms with Crippen LogP contribution in [0.1, 0.15) is 19.4 Å². The Balaban J connectivity index is 2.42. The van der Waals surface area contributed by atoms with Gasteiger partial charge in [-0.05, 0) is 32.1 Å². The molecule has 1 aliphatic rings. The number of carbonyl (C=O) groups excluding carboxylic acids is 1. The van der Waals surface area contributed by atoms with Gasteiger partial charge >= 0.3 is 0 Å². The quantitative estimate of drug-likeness (QED) is 0.651. The summed E-state index contributed by atoms with van der Waals surface area (Å²) in [6.45, 7) is 3.32. The van der Waals surface area contributed by atoms with Crippen molar-refractivity contribution in [2.45, 2.75) is 13.8 Å². The van der Waals surface area contributed by atoms with Gasteiger partial charge in [0.15, 0.2) is 5.78 Å². The molecule has 2 rings (SSSR count). The van der Waals surface area contributed by atoms with Gasteiger partial charge in [0.05, 0.1) is 0 Å². The standard InChI is InChI=1S/C13H12O2/c1-9(10(2)14)12-8-7-11-5-3-4-6-13(11)15-12/h3-8H,1-2H3. The first-order chi connectivity index (χ1) is 7.18. The molecule has 0 saturated carbocycles. The SMILES string of the molecule is CC(=O)C(C)=C1C=Cc2ccccc2O1. The van der Waals surface area contributed by atoms with Crippen molar-refractivity contribution in [3.63, 3.8) is 0 Å². The zero-order chi connectivity index (χ0) is 10.8. The fourth-order valence-electron chi connectivity index (χ4n) is 1.40. The Morgan fingerprint density at radius 1 is 1.13 bits per heavy atom. The highest BCUT2D eigenvalue weighted by Crippen LogP contribution is 2.28. The van der Waals surface area contributed by atoms with E-state index < -0.39 is 0 Å². The van der Waals surface area contributed by atoms with Crippen LogP contribution in [0.2, 0.25) is 0 Å². The van der Waals surface area contributed by atoms with Crippen LogP contribution in [0.15, 0.2) is 41.7 Å². The van der Waals surface area contributed by atoms with Gasteiger partial charge in [-0.15, -0.1) is 0 Å². The smallest absolute Gasteiger partial charge is 0.159 e. The molecule has 1 aromatic rings. The Kier molecular flexibility index (Phi) is 2.42. The first kappa shape index (κ1) is 9.71. The van der Waals surface area contributed by atoms with Gasteiger partial charge in [0.2, 0.25) is 0 Å². The van der Waals surface area contributed by atoms with E-state index >= 15 is 0 Å². The second kappa shape index (κ2) is 3.73. The molecular weight excluding hydrogens is 188 g/mol. The number of benzene rings is 1. The molecule has 0 spiro atoms. The van der Waals surface area contributed by atoms with Gasteiger partial charge in [-0.25, -0.2) is 0 Å². The molecule has 0 N–H and O–H groups in total. The first-order valence-electron chi connectivity index (χ1n) is 4.85. The fourth-order valence-corrected chi connectivity index (χ4v) is 1.40. The van der Waals surface area contributed by atoms with E-state index in [1.807, 2.05) is 36.4 Å². The second-order valence-corrected chi connectivity index (χ2v) is 3.52. The van der Waals surface area contributed by atoms with Crippen LogP contribution in [0, 0.1) is 0 Å². The van der Waals surface area contributed by atoms with Gasteiger partial charge in [0, 0.05) is 11.1 Å². The van der Waals surface area contributed by atoms with Crippen molar-refractivity contribution in [1.82, 2.24) is 0 Å². The van der Waals surface area contributed by atoms with Crippen LogP contribution < -0.4 is 4.74 Å². The Morgan fingerprint density at radius 3 is 2.60 bits per heavy atom. The summed E-state index contributed by atoms with van der Waals surface area (Å²) in [5.74, 6) is 1.48. The average molecular weight is 200 g/mol. The maximum Gasteiger partial charge on any atom is 0.159 e. The van der Waals surface area contributed by atoms with E-state index in [0.717, 1.165) is 11.3 Å². The molecule has 0 bridgehead atoms. The third-order valence-electron chi connectivity index (χ3n) is 2.45. The lowest BCUT2D eigenvalue weighted by Crippen LogP contribution is -2.05. The van der Waals surface area contributed by atoms with Crippen molar-refractivity contribution in [3.05, 3.63) is 47.2 Å². The number of allylic oxidation sites excluding steroid dienone is 2. The number of Topliss-reactive ketones (excluding diaryl/α,β-unsaturated/α-hetero) is 1. The molecule has 0 atom stereocenters. The second-order valence-electron chi connectivity index (χ2n) is 3.52. The van der Waals surface area contributed by atoms with E-state index in [1.54, 1.807) is 13.8 Å². The Morgan fingerprint density at radius 2 is 1.87 bits per heavy atom. The summed E-state index contributed by atoms with van der Waals surface area (Å²) >= 11 is 0. The monoisotopic (exact) mass is 200 g/mol. The predicted molar refractivity (Wildman–Crippen MR) is 59.5 cm³/mol. The van der Waals surface area contributed by atoms with E-state index in [1.165, 1.54) is 0 Å². The molecule has 0 saturated heterocycles. The van der Waals surface area contributed by atoms with E-state index in [9.17, 15) is 4.79 Å². The number of ether oxygens (including phenoxy) is 1. The van der Waals surface area contributed by atoms with E-state index in [-0.39, 0.29) is 5.78 Å². The summed E-state index contributed by atoms with van der Waals surface area (Å²) in [6, 6.07) is 7.75. The summed E-state index contributed by atoms with van der Waals surface area (Å²) in [6.07, 6.45) is 3.79. The highest BCUT2D eigenvalue weighted by molar-refractivity contribution is 5.94. The molecule has 0 aromatic heterocycles. The summed E-state index contributed by atoms with van der Waals surface area (Å²) in [5, 5.41) is 0. The van der Waals surface area contributed by atoms with Crippen LogP contribution in [0.5, 0.6) is 5.75 Å². The van der Waals surface area contributed by atoms with Crippen LogP contribution in [-0.4, -0.2) is 5.78 Å². The molecule has 0 amide bonds. The summed E-state index contributed by atoms with van der Waals surface area (Å²) in [7, 11) is 0. The maximum absolute atomic E-state index is 11.2. The fraction of sp³-hybridized carbons (Fsp3) is 0.154. The van der Waals surface area contributed by atoms with Crippen molar-refractivity contribution >= 4 is 11.9 Å². The lowest BCUT2D eigenvalue weighted by Gasteiger charge is -2.15. The van der Waals surface area contributed by atoms with Crippen LogP contribution in [0.25, 0.3) is 6.08 Å². The normalized spacial score (nSPS) is 16.7. The number of hydrogen-bond acceptors (Lipinski definition) is 2. The van der Waals surface area contributed by atoms with Gasteiger partial charge in [-0.3, -0.25) is 4.79 Å². The molecule has 2 heteroatoms. The van der Waals surface area contributed by atoms with Gasteiger partial charge in [-0.2, -0.15) is 0 Å². The van der Waals surface area contributed by atoms with E-state index in [0.29, 0.717) is 11.3 Å². The minimum Gasteiger partial charge on any atom is -0.456 e. The minimum atomic E-state index is 0.0361. The highest BCUT2D eigenvalue weighted by Gasteiger charge is 2.12. The largest absolute Gasteiger partial charge is 0.456 e. The lowest BCUT2D eigenvalue weighted by molar-refractivity contribution is -0.113. The summed E-state index contributed by atoms with van der Waals surface area (Å²) in [5.41, 5.74) is 1.69. The van der Waals surface area contributed by atoms with Crippen LogP contribution in [-0.2, 0) is 4.79 Å². The number of para-hydroxylation sites is 1. The van der Waals surface area contributed by atoms with Crippen molar-refractivity contribution in [1.29, 1.82) is 0 Å². The third-order valence-corrected chi connectivity index (χ3v) is 2.45. The van der Waals surface area contributed by atoms with Crippen molar-refractivity contribution in [2.75, 3.05) is 0 Å². The van der Waals surface area contributed by atoms with Gasteiger partial charge < -0.3 is 4.74 Å². The molecule has 1 aliphatic heterocycles. The molecule has 76 valence electrons. The molecule has 0 fully saturated rings. The van der Waals surface area contributed by atoms with Crippen molar-refractivity contribution in [2.24, 2.45) is 0 Å².